The molecule has 3 aromatic rings. The van der Waals surface area contributed by atoms with Gasteiger partial charge in [-0.2, -0.15) is 4.68 Å². The molecule has 31 heavy (non-hydrogen) atoms. The molecular weight excluding hydrogens is 412 g/mol. The number of carbonyl (C=O) groups excluding carboxylic acids is 1. The molecule has 2 heterocycles. The molecule has 0 aliphatic carbocycles. The standard InChI is InChI=1S/C24H25ClN4O2/c1-16-8-9-20(13-17(16)2)26-24(31)18-5-4-12-28(15-18)22-10-11-23(30)29(27-22)21-7-3-6-19(25)14-21/h3,6-11,13-14,18H,4-5,12,15H2,1-2H3,(H,26,31)/t18-/m1/s1. The lowest BCUT2D eigenvalue weighted by Gasteiger charge is -2.33. The number of piperidine rings is 1. The average molecular weight is 437 g/mol. The van der Waals surface area contributed by atoms with Crippen molar-refractivity contribution >= 4 is 29.0 Å². The van der Waals surface area contributed by atoms with Gasteiger partial charge in [0.1, 0.15) is 5.82 Å². The molecule has 4 rings (SSSR count). The Morgan fingerprint density at radius 1 is 1.10 bits per heavy atom. The van der Waals surface area contributed by atoms with Crippen LogP contribution < -0.4 is 15.8 Å². The number of benzene rings is 2. The van der Waals surface area contributed by atoms with Crippen LogP contribution in [-0.4, -0.2) is 28.8 Å². The first-order valence-electron chi connectivity index (χ1n) is 10.4. The zero-order valence-corrected chi connectivity index (χ0v) is 18.4. The molecule has 6 nitrogen and oxygen atoms in total. The van der Waals surface area contributed by atoms with Crippen molar-refractivity contribution in [3.8, 4) is 5.69 Å². The fraction of sp³-hybridized carbons (Fsp3) is 0.292. The van der Waals surface area contributed by atoms with Gasteiger partial charge in [-0.1, -0.05) is 23.7 Å². The van der Waals surface area contributed by atoms with E-state index in [1.165, 1.54) is 16.3 Å². The van der Waals surface area contributed by atoms with Crippen molar-refractivity contribution in [2.24, 2.45) is 5.92 Å². The van der Waals surface area contributed by atoms with Crippen LogP contribution in [0.4, 0.5) is 11.5 Å². The van der Waals surface area contributed by atoms with Gasteiger partial charge in [0.2, 0.25) is 5.91 Å². The van der Waals surface area contributed by atoms with Crippen LogP contribution in [0.1, 0.15) is 24.0 Å². The van der Waals surface area contributed by atoms with Crippen LogP contribution in [0.3, 0.4) is 0 Å². The topological polar surface area (TPSA) is 67.2 Å². The zero-order chi connectivity index (χ0) is 22.0. The highest BCUT2D eigenvalue weighted by Gasteiger charge is 2.27. The SMILES string of the molecule is Cc1ccc(NC(=O)[C@@H]2CCCN(c3ccc(=O)n(-c4cccc(Cl)c4)n3)C2)cc1C. The largest absolute Gasteiger partial charge is 0.354 e. The predicted molar refractivity (Wildman–Crippen MR) is 124 cm³/mol. The lowest BCUT2D eigenvalue weighted by Crippen LogP contribution is -2.41. The summed E-state index contributed by atoms with van der Waals surface area (Å²) in [5.74, 6) is 0.531. The summed E-state index contributed by atoms with van der Waals surface area (Å²) in [6.07, 6.45) is 1.70. The van der Waals surface area contributed by atoms with Crippen LogP contribution >= 0.6 is 11.6 Å². The number of carbonyl (C=O) groups is 1. The molecule has 1 saturated heterocycles. The lowest BCUT2D eigenvalue weighted by molar-refractivity contribution is -0.120. The van der Waals surface area contributed by atoms with Crippen molar-refractivity contribution in [1.29, 1.82) is 0 Å². The minimum Gasteiger partial charge on any atom is -0.354 e. The molecule has 160 valence electrons. The van der Waals surface area contributed by atoms with E-state index in [-0.39, 0.29) is 17.4 Å². The van der Waals surface area contributed by atoms with Crippen molar-refractivity contribution in [1.82, 2.24) is 9.78 Å². The maximum Gasteiger partial charge on any atom is 0.271 e. The third kappa shape index (κ3) is 4.80. The molecular formula is C24H25ClN4O2. The summed E-state index contributed by atoms with van der Waals surface area (Å²) in [7, 11) is 0. The van der Waals surface area contributed by atoms with E-state index in [9.17, 15) is 9.59 Å². The van der Waals surface area contributed by atoms with Gasteiger partial charge < -0.3 is 10.2 Å². The molecule has 1 N–H and O–H groups in total. The number of amides is 1. The van der Waals surface area contributed by atoms with E-state index in [0.29, 0.717) is 23.1 Å². The van der Waals surface area contributed by atoms with Gasteiger partial charge in [-0.15, -0.1) is 5.10 Å². The number of aryl methyl sites for hydroxylation is 2. The molecule has 0 bridgehead atoms. The van der Waals surface area contributed by atoms with Gasteiger partial charge in [-0.3, -0.25) is 9.59 Å². The number of rotatable bonds is 4. The smallest absolute Gasteiger partial charge is 0.271 e. The Morgan fingerprint density at radius 2 is 1.94 bits per heavy atom. The maximum absolute atomic E-state index is 12.9. The summed E-state index contributed by atoms with van der Waals surface area (Å²) in [6, 6.07) is 16.2. The lowest BCUT2D eigenvalue weighted by atomic mass is 9.97. The highest BCUT2D eigenvalue weighted by molar-refractivity contribution is 6.30. The average Bonchev–Trinajstić information content (AvgIpc) is 2.77. The Bertz CT molecular complexity index is 1170. The Morgan fingerprint density at radius 3 is 2.71 bits per heavy atom. The number of aromatic nitrogens is 2. The summed E-state index contributed by atoms with van der Waals surface area (Å²) in [4.78, 5) is 27.3. The monoisotopic (exact) mass is 436 g/mol. The Labute approximate surface area is 186 Å². The summed E-state index contributed by atoms with van der Waals surface area (Å²) in [6.45, 7) is 5.43. The van der Waals surface area contributed by atoms with E-state index in [4.69, 9.17) is 11.6 Å². The second-order valence-corrected chi connectivity index (χ2v) is 8.43. The van der Waals surface area contributed by atoms with Crippen molar-refractivity contribution in [3.05, 3.63) is 81.1 Å². The summed E-state index contributed by atoms with van der Waals surface area (Å²) >= 11 is 6.08. The number of halogens is 1. The molecule has 1 atom stereocenters. The molecule has 0 spiro atoms. The maximum atomic E-state index is 12.9. The fourth-order valence-corrected chi connectivity index (χ4v) is 4.01. The zero-order valence-electron chi connectivity index (χ0n) is 17.6. The van der Waals surface area contributed by atoms with Crippen molar-refractivity contribution in [3.63, 3.8) is 0 Å². The minimum absolute atomic E-state index is 0.0103. The van der Waals surface area contributed by atoms with Crippen LogP contribution in [0.5, 0.6) is 0 Å². The predicted octanol–water partition coefficient (Wildman–Crippen LogP) is 4.36. The Hall–Kier alpha value is -3.12. The van der Waals surface area contributed by atoms with Gasteiger partial charge in [-0.05, 0) is 74.2 Å². The van der Waals surface area contributed by atoms with E-state index in [2.05, 4.69) is 22.2 Å². The number of hydrogen-bond acceptors (Lipinski definition) is 4. The molecule has 0 unspecified atom stereocenters. The van der Waals surface area contributed by atoms with E-state index in [1.807, 2.05) is 25.1 Å². The normalized spacial score (nSPS) is 16.2. The molecule has 7 heteroatoms. The van der Waals surface area contributed by atoms with Crippen LogP contribution in [0.2, 0.25) is 5.02 Å². The quantitative estimate of drug-likeness (QED) is 0.660. The van der Waals surface area contributed by atoms with Crippen molar-refractivity contribution in [2.45, 2.75) is 26.7 Å². The fourth-order valence-electron chi connectivity index (χ4n) is 3.83. The molecule has 2 aromatic carbocycles. The number of nitrogens with zero attached hydrogens (tertiary/aromatic N) is 3. The molecule has 1 aromatic heterocycles. The van der Waals surface area contributed by atoms with Crippen molar-refractivity contribution in [2.75, 3.05) is 23.3 Å². The first kappa shape index (κ1) is 21.1. The van der Waals surface area contributed by atoms with E-state index < -0.39 is 0 Å². The Kier molecular flexibility index (Phi) is 6.09. The molecule has 1 aliphatic heterocycles. The highest BCUT2D eigenvalue weighted by Crippen LogP contribution is 2.23. The van der Waals surface area contributed by atoms with Gasteiger partial charge in [-0.25, -0.2) is 0 Å². The second-order valence-electron chi connectivity index (χ2n) is 7.99. The third-order valence-corrected chi connectivity index (χ3v) is 5.96. The van der Waals surface area contributed by atoms with E-state index in [0.717, 1.165) is 30.6 Å². The summed E-state index contributed by atoms with van der Waals surface area (Å²) in [5, 5.41) is 8.13. The van der Waals surface area contributed by atoms with Gasteiger partial charge in [0.15, 0.2) is 0 Å². The number of nitrogens with one attached hydrogen (secondary N) is 1. The molecule has 1 aliphatic rings. The second kappa shape index (κ2) is 8.94. The first-order valence-corrected chi connectivity index (χ1v) is 10.8. The molecule has 0 saturated carbocycles. The first-order chi connectivity index (χ1) is 14.9. The van der Waals surface area contributed by atoms with E-state index >= 15 is 0 Å². The van der Waals surface area contributed by atoms with Crippen LogP contribution in [0, 0.1) is 19.8 Å². The summed E-state index contributed by atoms with van der Waals surface area (Å²) in [5.41, 5.74) is 3.54. The summed E-state index contributed by atoms with van der Waals surface area (Å²) < 4.78 is 1.35. The number of hydrogen-bond donors (Lipinski definition) is 1. The molecule has 0 radical (unpaired) electrons. The van der Waals surface area contributed by atoms with Gasteiger partial charge >= 0.3 is 0 Å². The molecule has 1 amide bonds. The highest BCUT2D eigenvalue weighted by atomic mass is 35.5. The van der Waals surface area contributed by atoms with Crippen molar-refractivity contribution < 1.29 is 4.79 Å². The molecule has 1 fully saturated rings. The van der Waals surface area contributed by atoms with Gasteiger partial charge in [0.25, 0.3) is 5.56 Å². The van der Waals surface area contributed by atoms with Gasteiger partial charge in [0, 0.05) is 29.9 Å². The van der Waals surface area contributed by atoms with Crippen LogP contribution in [0.25, 0.3) is 5.69 Å². The van der Waals surface area contributed by atoms with E-state index in [1.54, 1.807) is 30.3 Å². The number of anilines is 2. The van der Waals surface area contributed by atoms with Crippen LogP contribution in [-0.2, 0) is 4.79 Å². The van der Waals surface area contributed by atoms with Gasteiger partial charge in [0.05, 0.1) is 11.6 Å². The Balaban J connectivity index is 1.52. The minimum atomic E-state index is -0.230. The van der Waals surface area contributed by atoms with Crippen LogP contribution in [0.15, 0.2) is 59.4 Å². The third-order valence-electron chi connectivity index (χ3n) is 5.73.